The molecule has 0 amide bonds. The number of phenols is 1. The fourth-order valence-electron chi connectivity index (χ4n) is 0.921. The van der Waals surface area contributed by atoms with E-state index in [4.69, 9.17) is 34.8 Å². The minimum absolute atomic E-state index is 0.162. The van der Waals surface area contributed by atoms with E-state index < -0.39 is 15.7 Å². The Kier molecular flexibility index (Phi) is 3.48. The molecule has 0 heterocycles. The quantitative estimate of drug-likeness (QED) is 0.761. The lowest BCUT2D eigenvalue weighted by Gasteiger charge is -2.19. The van der Waals surface area contributed by atoms with Gasteiger partial charge in [0.05, 0.1) is 0 Å². The second kappa shape index (κ2) is 4.11. The van der Waals surface area contributed by atoms with Gasteiger partial charge in [-0.05, 0) is 18.2 Å². The van der Waals surface area contributed by atoms with Crippen molar-refractivity contribution in [2.24, 2.45) is 0 Å². The van der Waals surface area contributed by atoms with Crippen molar-refractivity contribution in [3.63, 3.8) is 0 Å². The van der Waals surface area contributed by atoms with Gasteiger partial charge < -0.3 is 10.2 Å². The van der Waals surface area contributed by atoms with Gasteiger partial charge >= 0.3 is 0 Å². The van der Waals surface area contributed by atoms with Gasteiger partial charge in [0.15, 0.2) is 0 Å². The summed E-state index contributed by atoms with van der Waals surface area (Å²) in [5.41, 5.74) is -0.162. The number of aromatic hydroxyl groups is 1. The van der Waals surface area contributed by atoms with Crippen LogP contribution in [0.3, 0.4) is 0 Å². The monoisotopic (exact) mass is 258 g/mol. The van der Waals surface area contributed by atoms with Crippen LogP contribution in [0.5, 0.6) is 5.75 Å². The summed E-state index contributed by atoms with van der Waals surface area (Å²) < 4.78 is 10.7. The van der Waals surface area contributed by atoms with E-state index in [1.165, 1.54) is 0 Å². The van der Waals surface area contributed by atoms with Crippen molar-refractivity contribution in [1.29, 1.82) is 0 Å². The van der Waals surface area contributed by atoms with Crippen molar-refractivity contribution in [2.45, 2.75) is 9.90 Å². The molecule has 0 aliphatic rings. The van der Waals surface area contributed by atoms with E-state index in [1.807, 2.05) is 0 Å². The molecule has 0 aromatic heterocycles. The summed E-state index contributed by atoms with van der Waals surface area (Å²) >= 11 is 16.2. The molecule has 2 nitrogen and oxygen atoms in total. The molecule has 1 atom stereocenters. The molecule has 2 N–H and O–H groups in total. The van der Waals surface area contributed by atoms with E-state index >= 15 is 0 Å². The van der Waals surface area contributed by atoms with Gasteiger partial charge in [0, 0.05) is 5.56 Å². The van der Waals surface area contributed by atoms with E-state index in [9.17, 15) is 14.6 Å². The second-order valence-electron chi connectivity index (χ2n) is 2.65. The molecule has 1 rings (SSSR count). The van der Waals surface area contributed by atoms with Gasteiger partial charge in [-0.15, -0.1) is 0 Å². The standard InChI is InChI=1S/C8H6Cl3FO2/c9-8(10,11)7(14)5-3-4(12)1-2-6(5)13/h1-3,7,13-14H. The third kappa shape index (κ3) is 2.64. The third-order valence-electron chi connectivity index (χ3n) is 1.59. The van der Waals surface area contributed by atoms with Gasteiger partial charge in [0.2, 0.25) is 3.79 Å². The van der Waals surface area contributed by atoms with Crippen molar-refractivity contribution in [3.8, 4) is 5.75 Å². The predicted molar refractivity (Wildman–Crippen MR) is 53.3 cm³/mol. The molecule has 1 aromatic rings. The largest absolute Gasteiger partial charge is 0.508 e. The van der Waals surface area contributed by atoms with Crippen LogP contribution in [0, 0.1) is 5.82 Å². The normalized spacial score (nSPS) is 14.1. The first kappa shape index (κ1) is 11.9. The highest BCUT2D eigenvalue weighted by molar-refractivity contribution is 6.68. The van der Waals surface area contributed by atoms with Gasteiger partial charge in [-0.25, -0.2) is 4.39 Å². The summed E-state index contributed by atoms with van der Waals surface area (Å²) in [6, 6.07) is 3.01. The van der Waals surface area contributed by atoms with Crippen LogP contribution in [-0.2, 0) is 0 Å². The van der Waals surface area contributed by atoms with Crippen molar-refractivity contribution >= 4 is 34.8 Å². The Bertz CT molecular complexity index is 338. The maximum Gasteiger partial charge on any atom is 0.220 e. The molecule has 0 fully saturated rings. The first-order valence-corrected chi connectivity index (χ1v) is 4.69. The second-order valence-corrected chi connectivity index (χ2v) is 5.02. The summed E-state index contributed by atoms with van der Waals surface area (Å²) in [6.07, 6.45) is -1.58. The zero-order valence-corrected chi connectivity index (χ0v) is 8.98. The molecular formula is C8H6Cl3FO2. The SMILES string of the molecule is Oc1ccc(F)cc1C(O)C(Cl)(Cl)Cl. The molecule has 0 spiro atoms. The number of aliphatic hydroxyl groups excluding tert-OH is 1. The van der Waals surface area contributed by atoms with E-state index in [2.05, 4.69) is 0 Å². The van der Waals surface area contributed by atoms with Crippen LogP contribution in [0.2, 0.25) is 0 Å². The first-order valence-electron chi connectivity index (χ1n) is 3.55. The van der Waals surface area contributed by atoms with Crippen LogP contribution in [0.4, 0.5) is 4.39 Å². The van der Waals surface area contributed by atoms with Crippen LogP contribution in [0.25, 0.3) is 0 Å². The lowest BCUT2D eigenvalue weighted by molar-refractivity contribution is 0.178. The molecular weight excluding hydrogens is 253 g/mol. The Morgan fingerprint density at radius 2 is 1.86 bits per heavy atom. The molecule has 78 valence electrons. The number of rotatable bonds is 1. The molecule has 0 bridgehead atoms. The van der Waals surface area contributed by atoms with Crippen LogP contribution in [-0.4, -0.2) is 14.0 Å². The number of alkyl halides is 3. The fourth-order valence-corrected chi connectivity index (χ4v) is 1.27. The summed E-state index contributed by atoms with van der Waals surface area (Å²) in [5, 5.41) is 18.7. The number of halogens is 4. The number of aliphatic hydroxyl groups is 1. The van der Waals surface area contributed by atoms with Gasteiger partial charge in [-0.1, -0.05) is 34.8 Å². The molecule has 1 unspecified atom stereocenters. The smallest absolute Gasteiger partial charge is 0.220 e. The summed E-state index contributed by atoms with van der Waals surface area (Å²) in [6.45, 7) is 0. The highest BCUT2D eigenvalue weighted by Crippen LogP contribution is 2.42. The van der Waals surface area contributed by atoms with Crippen LogP contribution < -0.4 is 0 Å². The van der Waals surface area contributed by atoms with Crippen molar-refractivity contribution in [3.05, 3.63) is 29.6 Å². The average Bonchev–Trinajstić information content (AvgIpc) is 2.06. The summed E-state index contributed by atoms with van der Waals surface area (Å²) in [4.78, 5) is 0. The van der Waals surface area contributed by atoms with Crippen molar-refractivity contribution in [2.75, 3.05) is 0 Å². The van der Waals surface area contributed by atoms with E-state index in [1.54, 1.807) is 0 Å². The lowest BCUT2D eigenvalue weighted by Crippen LogP contribution is -2.16. The Hall–Kier alpha value is -0.220. The Morgan fingerprint density at radius 3 is 2.36 bits per heavy atom. The van der Waals surface area contributed by atoms with Crippen molar-refractivity contribution in [1.82, 2.24) is 0 Å². The predicted octanol–water partition coefficient (Wildman–Crippen LogP) is 2.93. The molecule has 0 aliphatic heterocycles. The topological polar surface area (TPSA) is 40.5 Å². The maximum atomic E-state index is 12.7. The Labute approximate surface area is 94.8 Å². The van der Waals surface area contributed by atoms with E-state index in [0.29, 0.717) is 0 Å². The van der Waals surface area contributed by atoms with Gasteiger partial charge in [0.25, 0.3) is 0 Å². The lowest BCUT2D eigenvalue weighted by atomic mass is 10.1. The molecule has 14 heavy (non-hydrogen) atoms. The molecule has 1 aromatic carbocycles. The highest BCUT2D eigenvalue weighted by atomic mass is 35.6. The molecule has 0 saturated heterocycles. The summed E-state index contributed by atoms with van der Waals surface area (Å²) in [5.74, 6) is -0.962. The zero-order valence-electron chi connectivity index (χ0n) is 6.72. The molecule has 0 saturated carbocycles. The molecule has 0 radical (unpaired) electrons. The van der Waals surface area contributed by atoms with Crippen LogP contribution in [0.15, 0.2) is 18.2 Å². The highest BCUT2D eigenvalue weighted by Gasteiger charge is 2.34. The Morgan fingerprint density at radius 1 is 1.29 bits per heavy atom. The minimum atomic E-state index is -2.01. The Balaban J connectivity index is 3.12. The number of hydrogen-bond acceptors (Lipinski definition) is 2. The zero-order chi connectivity index (χ0) is 10.9. The van der Waals surface area contributed by atoms with Crippen LogP contribution in [0.1, 0.15) is 11.7 Å². The maximum absolute atomic E-state index is 12.7. The first-order chi connectivity index (χ1) is 6.32. The molecule has 0 aliphatic carbocycles. The number of benzene rings is 1. The molecule has 6 heteroatoms. The van der Waals surface area contributed by atoms with Gasteiger partial charge in [-0.2, -0.15) is 0 Å². The van der Waals surface area contributed by atoms with Crippen LogP contribution >= 0.6 is 34.8 Å². The summed E-state index contributed by atoms with van der Waals surface area (Å²) in [7, 11) is 0. The van der Waals surface area contributed by atoms with Crippen molar-refractivity contribution < 1.29 is 14.6 Å². The average molecular weight is 259 g/mol. The fraction of sp³-hybridized carbons (Fsp3) is 0.250. The van der Waals surface area contributed by atoms with E-state index in [0.717, 1.165) is 18.2 Å². The number of hydrogen-bond donors (Lipinski definition) is 2. The van der Waals surface area contributed by atoms with Gasteiger partial charge in [-0.3, -0.25) is 0 Å². The minimum Gasteiger partial charge on any atom is -0.508 e. The number of phenolic OH excluding ortho intramolecular Hbond substituents is 1. The van der Waals surface area contributed by atoms with E-state index in [-0.39, 0.29) is 11.3 Å². The van der Waals surface area contributed by atoms with Gasteiger partial charge in [0.1, 0.15) is 17.7 Å². The third-order valence-corrected chi connectivity index (χ3v) is 2.21.